The molecule has 0 unspecified atom stereocenters. The zero-order valence-electron chi connectivity index (χ0n) is 10.3. The van der Waals surface area contributed by atoms with Crippen molar-refractivity contribution in [2.75, 3.05) is 5.88 Å². The summed E-state index contributed by atoms with van der Waals surface area (Å²) in [5, 5.41) is 18.7. The zero-order chi connectivity index (χ0) is 13.8. The molecule has 1 aromatic carbocycles. The van der Waals surface area contributed by atoms with Crippen LogP contribution in [-0.4, -0.2) is 21.0 Å². The molecule has 0 aliphatic heterocycles. The Kier molecular flexibility index (Phi) is 4.11. The fourth-order valence-corrected chi connectivity index (χ4v) is 1.87. The lowest BCUT2D eigenvalue weighted by molar-refractivity contribution is -0.385. The van der Waals surface area contributed by atoms with Crippen molar-refractivity contribution >= 4 is 17.3 Å². The summed E-state index contributed by atoms with van der Waals surface area (Å²) in [6.07, 6.45) is 1.35. The fourth-order valence-electron chi connectivity index (χ4n) is 1.73. The van der Waals surface area contributed by atoms with Crippen LogP contribution in [0.5, 0.6) is 0 Å². The molecule has 0 amide bonds. The Morgan fingerprint density at radius 3 is 2.89 bits per heavy atom. The van der Waals surface area contributed by atoms with Gasteiger partial charge in [0.25, 0.3) is 5.69 Å². The van der Waals surface area contributed by atoms with E-state index < -0.39 is 4.92 Å². The summed E-state index contributed by atoms with van der Waals surface area (Å²) >= 11 is 5.59. The van der Waals surface area contributed by atoms with Crippen LogP contribution in [0.4, 0.5) is 5.69 Å². The predicted molar refractivity (Wildman–Crippen MR) is 70.2 cm³/mol. The Balaban J connectivity index is 2.34. The van der Waals surface area contributed by atoms with E-state index in [0.29, 0.717) is 35.2 Å². The number of hydrogen-bond donors (Lipinski definition) is 0. The highest BCUT2D eigenvalue weighted by atomic mass is 35.5. The number of rotatable bonds is 5. The summed E-state index contributed by atoms with van der Waals surface area (Å²) in [4.78, 5) is 10.4. The standard InChI is InChI=1S/C12H12ClN3O3/c1-8-9(4-2-5-10(8)16(17)18)12-15-14-11(19-12)6-3-7-13/h2,4-5H,3,6-7H2,1H3. The third kappa shape index (κ3) is 2.90. The number of benzene rings is 1. The second-order valence-electron chi connectivity index (χ2n) is 4.00. The van der Waals surface area contributed by atoms with Crippen molar-refractivity contribution in [3.05, 3.63) is 39.8 Å². The lowest BCUT2D eigenvalue weighted by atomic mass is 10.1. The van der Waals surface area contributed by atoms with Gasteiger partial charge in [-0.1, -0.05) is 6.07 Å². The van der Waals surface area contributed by atoms with E-state index >= 15 is 0 Å². The normalized spacial score (nSPS) is 10.6. The van der Waals surface area contributed by atoms with Gasteiger partial charge in [-0.25, -0.2) is 0 Å². The highest BCUT2D eigenvalue weighted by Gasteiger charge is 2.18. The van der Waals surface area contributed by atoms with Crippen LogP contribution in [0.3, 0.4) is 0 Å². The summed E-state index contributed by atoms with van der Waals surface area (Å²) in [7, 11) is 0. The maximum atomic E-state index is 10.9. The lowest BCUT2D eigenvalue weighted by Crippen LogP contribution is -1.93. The monoisotopic (exact) mass is 281 g/mol. The molecule has 2 aromatic rings. The van der Waals surface area contributed by atoms with Gasteiger partial charge in [-0.2, -0.15) is 0 Å². The molecule has 0 spiro atoms. The van der Waals surface area contributed by atoms with Gasteiger partial charge < -0.3 is 4.42 Å². The minimum absolute atomic E-state index is 0.0398. The summed E-state index contributed by atoms with van der Waals surface area (Å²) in [6.45, 7) is 1.66. The molecule has 0 aliphatic carbocycles. The number of hydrogen-bond acceptors (Lipinski definition) is 5. The van der Waals surface area contributed by atoms with Crippen LogP contribution < -0.4 is 0 Å². The van der Waals surface area contributed by atoms with E-state index in [4.69, 9.17) is 16.0 Å². The van der Waals surface area contributed by atoms with Crippen molar-refractivity contribution in [3.8, 4) is 11.5 Å². The van der Waals surface area contributed by atoms with Gasteiger partial charge in [-0.05, 0) is 19.4 Å². The Hall–Kier alpha value is -1.95. The van der Waals surface area contributed by atoms with Crippen LogP contribution in [0, 0.1) is 17.0 Å². The maximum absolute atomic E-state index is 10.9. The van der Waals surface area contributed by atoms with Crippen molar-refractivity contribution in [1.82, 2.24) is 10.2 Å². The molecule has 0 saturated heterocycles. The van der Waals surface area contributed by atoms with Crippen molar-refractivity contribution in [2.24, 2.45) is 0 Å². The number of alkyl halides is 1. The number of nitro benzene ring substituents is 1. The second kappa shape index (κ2) is 5.79. The second-order valence-corrected chi connectivity index (χ2v) is 4.38. The lowest BCUT2D eigenvalue weighted by Gasteiger charge is -2.01. The van der Waals surface area contributed by atoms with E-state index in [9.17, 15) is 10.1 Å². The minimum Gasteiger partial charge on any atom is -0.421 e. The number of nitro groups is 1. The Morgan fingerprint density at radius 1 is 1.42 bits per heavy atom. The highest BCUT2D eigenvalue weighted by molar-refractivity contribution is 6.17. The molecular formula is C12H12ClN3O3. The topological polar surface area (TPSA) is 82.1 Å². The zero-order valence-corrected chi connectivity index (χ0v) is 11.1. The van der Waals surface area contributed by atoms with Crippen LogP contribution in [-0.2, 0) is 6.42 Å². The molecule has 1 aromatic heterocycles. The van der Waals surface area contributed by atoms with Gasteiger partial charge in [0.15, 0.2) is 0 Å². The Labute approximate surface area is 114 Å². The van der Waals surface area contributed by atoms with E-state index in [1.165, 1.54) is 6.07 Å². The summed E-state index contributed by atoms with van der Waals surface area (Å²) in [5.41, 5.74) is 1.14. The van der Waals surface area contributed by atoms with Crippen LogP contribution in [0.25, 0.3) is 11.5 Å². The number of halogens is 1. The van der Waals surface area contributed by atoms with Gasteiger partial charge in [-0.15, -0.1) is 21.8 Å². The molecule has 0 saturated carbocycles. The molecule has 7 heteroatoms. The number of aryl methyl sites for hydroxylation is 1. The first-order valence-corrected chi connectivity index (χ1v) is 6.29. The first-order chi connectivity index (χ1) is 9.13. The first-order valence-electron chi connectivity index (χ1n) is 5.76. The van der Waals surface area contributed by atoms with Crippen LogP contribution in [0.1, 0.15) is 17.9 Å². The van der Waals surface area contributed by atoms with Gasteiger partial charge in [0, 0.05) is 29.5 Å². The molecule has 2 rings (SSSR count). The molecular weight excluding hydrogens is 270 g/mol. The van der Waals surface area contributed by atoms with Gasteiger partial charge in [0.05, 0.1) is 4.92 Å². The third-order valence-corrected chi connectivity index (χ3v) is 2.99. The number of nitrogens with zero attached hydrogens (tertiary/aromatic N) is 3. The molecule has 0 N–H and O–H groups in total. The van der Waals surface area contributed by atoms with E-state index in [1.807, 2.05) is 0 Å². The summed E-state index contributed by atoms with van der Waals surface area (Å²) < 4.78 is 5.48. The van der Waals surface area contributed by atoms with Crippen molar-refractivity contribution in [2.45, 2.75) is 19.8 Å². The Bertz CT molecular complexity index is 598. The average molecular weight is 282 g/mol. The van der Waals surface area contributed by atoms with E-state index in [0.717, 1.165) is 6.42 Å². The smallest absolute Gasteiger partial charge is 0.273 e. The molecule has 19 heavy (non-hydrogen) atoms. The fraction of sp³-hybridized carbons (Fsp3) is 0.333. The molecule has 0 aliphatic rings. The summed E-state index contributed by atoms with van der Waals surface area (Å²) in [5.74, 6) is 1.31. The third-order valence-electron chi connectivity index (χ3n) is 2.72. The molecule has 100 valence electrons. The molecule has 0 fully saturated rings. The molecule has 6 nitrogen and oxygen atoms in total. The van der Waals surface area contributed by atoms with Crippen molar-refractivity contribution < 1.29 is 9.34 Å². The van der Waals surface area contributed by atoms with E-state index in [-0.39, 0.29) is 5.69 Å². The Morgan fingerprint density at radius 2 is 2.21 bits per heavy atom. The van der Waals surface area contributed by atoms with Crippen molar-refractivity contribution in [1.29, 1.82) is 0 Å². The van der Waals surface area contributed by atoms with Crippen LogP contribution >= 0.6 is 11.6 Å². The molecule has 0 bridgehead atoms. The quantitative estimate of drug-likeness (QED) is 0.478. The van der Waals surface area contributed by atoms with E-state index in [1.54, 1.807) is 19.1 Å². The molecule has 1 heterocycles. The van der Waals surface area contributed by atoms with Crippen LogP contribution in [0.15, 0.2) is 22.6 Å². The highest BCUT2D eigenvalue weighted by Crippen LogP contribution is 2.28. The predicted octanol–water partition coefficient (Wildman–Crippen LogP) is 3.12. The van der Waals surface area contributed by atoms with Crippen molar-refractivity contribution in [3.63, 3.8) is 0 Å². The van der Waals surface area contributed by atoms with Gasteiger partial charge >= 0.3 is 0 Å². The SMILES string of the molecule is Cc1c(-c2nnc(CCCCl)o2)cccc1[N+](=O)[O-]. The van der Waals surface area contributed by atoms with Gasteiger partial charge in [0.2, 0.25) is 11.8 Å². The largest absolute Gasteiger partial charge is 0.421 e. The minimum atomic E-state index is -0.427. The first kappa shape index (κ1) is 13.5. The average Bonchev–Trinajstić information content (AvgIpc) is 2.84. The molecule has 0 atom stereocenters. The maximum Gasteiger partial charge on any atom is 0.273 e. The number of aromatic nitrogens is 2. The summed E-state index contributed by atoms with van der Waals surface area (Å²) in [6, 6.07) is 4.77. The van der Waals surface area contributed by atoms with E-state index in [2.05, 4.69) is 10.2 Å². The molecule has 0 radical (unpaired) electrons. The van der Waals surface area contributed by atoms with Crippen LogP contribution in [0.2, 0.25) is 0 Å². The van der Waals surface area contributed by atoms with Gasteiger partial charge in [0.1, 0.15) is 0 Å². The van der Waals surface area contributed by atoms with Gasteiger partial charge in [-0.3, -0.25) is 10.1 Å².